The van der Waals surface area contributed by atoms with Gasteiger partial charge in [-0.3, -0.25) is 4.79 Å². The minimum absolute atomic E-state index is 0.210. The topological polar surface area (TPSA) is 37.3 Å². The Hall–Kier alpha value is -1.61. The number of aromatic amines is 1. The van der Waals surface area contributed by atoms with Crippen molar-refractivity contribution in [2.24, 2.45) is 0 Å². The second-order valence-electron chi connectivity index (χ2n) is 6.09. The van der Waals surface area contributed by atoms with Crippen LogP contribution in [0.3, 0.4) is 0 Å². The monoisotopic (exact) mass is 271 g/mol. The number of hydrogen-bond donors (Lipinski definition) is 2. The number of likely N-dealkylation sites (tertiary alicyclic amines) is 1. The lowest BCUT2D eigenvalue weighted by molar-refractivity contribution is -0.942. The molecule has 0 amide bonds. The van der Waals surface area contributed by atoms with Crippen LogP contribution in [0.2, 0.25) is 0 Å². The van der Waals surface area contributed by atoms with Crippen molar-refractivity contribution in [2.45, 2.75) is 45.7 Å². The van der Waals surface area contributed by atoms with Crippen molar-refractivity contribution < 1.29 is 4.90 Å². The molecule has 1 aromatic carbocycles. The van der Waals surface area contributed by atoms with Crippen LogP contribution in [0.25, 0.3) is 10.9 Å². The number of benzene rings is 1. The van der Waals surface area contributed by atoms with Gasteiger partial charge in [-0.15, -0.1) is 0 Å². The Bertz CT molecular complexity index is 674. The van der Waals surface area contributed by atoms with Crippen LogP contribution in [0.4, 0.5) is 0 Å². The van der Waals surface area contributed by atoms with Gasteiger partial charge in [0.05, 0.1) is 18.2 Å². The predicted molar refractivity (Wildman–Crippen MR) is 82.2 cm³/mol. The molecule has 3 rings (SSSR count). The summed E-state index contributed by atoms with van der Waals surface area (Å²) in [6.07, 6.45) is 3.89. The Labute approximate surface area is 119 Å². The molecule has 2 aromatic rings. The van der Waals surface area contributed by atoms with E-state index in [1.807, 2.05) is 31.2 Å². The summed E-state index contributed by atoms with van der Waals surface area (Å²) in [5.74, 6) is 0. The van der Waals surface area contributed by atoms with Crippen LogP contribution < -0.4 is 10.3 Å². The molecule has 0 saturated carbocycles. The molecule has 0 bridgehead atoms. The van der Waals surface area contributed by atoms with Crippen LogP contribution >= 0.6 is 0 Å². The molecule has 0 spiro atoms. The fourth-order valence-corrected chi connectivity index (χ4v) is 3.36. The maximum absolute atomic E-state index is 12.7. The van der Waals surface area contributed by atoms with Crippen molar-refractivity contribution in [3.8, 4) is 0 Å². The summed E-state index contributed by atoms with van der Waals surface area (Å²) >= 11 is 0. The fraction of sp³-hybridized carbons (Fsp3) is 0.471. The van der Waals surface area contributed by atoms with Crippen LogP contribution in [0.1, 0.15) is 37.4 Å². The molecule has 20 heavy (non-hydrogen) atoms. The molecule has 1 aliphatic rings. The van der Waals surface area contributed by atoms with E-state index >= 15 is 0 Å². The van der Waals surface area contributed by atoms with Gasteiger partial charge in [-0.2, -0.15) is 0 Å². The molecule has 1 unspecified atom stereocenters. The van der Waals surface area contributed by atoms with E-state index in [0.717, 1.165) is 28.7 Å². The van der Waals surface area contributed by atoms with Gasteiger partial charge in [-0.05, 0) is 45.2 Å². The quantitative estimate of drug-likeness (QED) is 0.858. The zero-order chi connectivity index (χ0) is 14.1. The zero-order valence-corrected chi connectivity index (χ0v) is 12.3. The van der Waals surface area contributed by atoms with E-state index in [1.165, 1.54) is 25.8 Å². The van der Waals surface area contributed by atoms with Gasteiger partial charge in [-0.1, -0.05) is 12.1 Å². The highest BCUT2D eigenvalue weighted by Gasteiger charge is 2.24. The molecular weight excluding hydrogens is 248 g/mol. The van der Waals surface area contributed by atoms with Gasteiger partial charge in [0.2, 0.25) is 0 Å². The van der Waals surface area contributed by atoms with E-state index < -0.39 is 0 Å². The third kappa shape index (κ3) is 2.38. The van der Waals surface area contributed by atoms with Crippen molar-refractivity contribution in [3.05, 3.63) is 45.7 Å². The average molecular weight is 271 g/mol. The third-order valence-electron chi connectivity index (χ3n) is 4.71. The molecule has 3 heteroatoms. The number of para-hydroxylation sites is 1. The average Bonchev–Trinajstić information content (AvgIpc) is 2.45. The largest absolute Gasteiger partial charge is 0.358 e. The lowest BCUT2D eigenvalue weighted by Gasteiger charge is -2.30. The number of aromatic nitrogens is 1. The Morgan fingerprint density at radius 1 is 1.30 bits per heavy atom. The molecule has 0 radical (unpaired) electrons. The number of fused-ring (bicyclic) bond motifs is 1. The van der Waals surface area contributed by atoms with Crippen LogP contribution in [0.15, 0.2) is 29.1 Å². The van der Waals surface area contributed by atoms with Gasteiger partial charge < -0.3 is 9.88 Å². The minimum Gasteiger partial charge on any atom is -0.358 e. The maximum Gasteiger partial charge on any atom is 0.198 e. The summed E-state index contributed by atoms with van der Waals surface area (Å²) in [4.78, 5) is 17.6. The maximum atomic E-state index is 12.7. The van der Waals surface area contributed by atoms with E-state index in [1.54, 1.807) is 4.90 Å². The normalized spacial score (nSPS) is 23.1. The van der Waals surface area contributed by atoms with E-state index in [0.29, 0.717) is 6.04 Å². The first kappa shape index (κ1) is 13.4. The summed E-state index contributed by atoms with van der Waals surface area (Å²) in [5.41, 5.74) is 3.15. The first-order valence-electron chi connectivity index (χ1n) is 7.62. The minimum atomic E-state index is 0.210. The van der Waals surface area contributed by atoms with E-state index in [2.05, 4.69) is 11.9 Å². The van der Waals surface area contributed by atoms with Gasteiger partial charge in [-0.25, -0.2) is 0 Å². The lowest BCUT2D eigenvalue weighted by Crippen LogP contribution is -3.15. The van der Waals surface area contributed by atoms with E-state index in [4.69, 9.17) is 0 Å². The smallest absolute Gasteiger partial charge is 0.198 e. The molecule has 1 saturated heterocycles. The Balaban J connectivity index is 2.00. The van der Waals surface area contributed by atoms with Gasteiger partial charge in [0.15, 0.2) is 5.43 Å². The molecule has 106 valence electrons. The highest BCUT2D eigenvalue weighted by atomic mass is 16.1. The summed E-state index contributed by atoms with van der Waals surface area (Å²) in [7, 11) is 0. The number of pyridine rings is 1. The van der Waals surface area contributed by atoms with E-state index in [-0.39, 0.29) is 5.43 Å². The number of hydrogen-bond acceptors (Lipinski definition) is 1. The van der Waals surface area contributed by atoms with Crippen molar-refractivity contribution in [2.75, 3.05) is 6.54 Å². The van der Waals surface area contributed by atoms with Crippen LogP contribution in [0, 0.1) is 6.92 Å². The van der Waals surface area contributed by atoms with Crippen molar-refractivity contribution in [3.63, 3.8) is 0 Å². The van der Waals surface area contributed by atoms with Crippen molar-refractivity contribution in [1.82, 2.24) is 4.98 Å². The SMILES string of the molecule is Cc1[nH]c2ccccc2c(=O)c1C[NH+]1CCCC[C@@H]1C. The Kier molecular flexibility index (Phi) is 3.62. The van der Waals surface area contributed by atoms with Crippen LogP contribution in [-0.4, -0.2) is 17.6 Å². The first-order valence-corrected chi connectivity index (χ1v) is 7.62. The lowest BCUT2D eigenvalue weighted by atomic mass is 10.0. The third-order valence-corrected chi connectivity index (χ3v) is 4.71. The van der Waals surface area contributed by atoms with Crippen molar-refractivity contribution in [1.29, 1.82) is 0 Å². The Morgan fingerprint density at radius 2 is 2.10 bits per heavy atom. The molecule has 3 nitrogen and oxygen atoms in total. The molecule has 1 aromatic heterocycles. The van der Waals surface area contributed by atoms with Gasteiger partial charge in [0.25, 0.3) is 0 Å². The zero-order valence-electron chi connectivity index (χ0n) is 12.3. The predicted octanol–water partition coefficient (Wildman–Crippen LogP) is 1.79. The summed E-state index contributed by atoms with van der Waals surface area (Å²) < 4.78 is 0. The molecular formula is C17H23N2O+. The highest BCUT2D eigenvalue weighted by Crippen LogP contribution is 2.11. The summed E-state index contributed by atoms with van der Waals surface area (Å²) in [6.45, 7) is 6.37. The van der Waals surface area contributed by atoms with Crippen molar-refractivity contribution >= 4 is 10.9 Å². The number of H-pyrrole nitrogens is 1. The van der Waals surface area contributed by atoms with Crippen LogP contribution in [0.5, 0.6) is 0 Å². The molecule has 2 atom stereocenters. The number of nitrogens with one attached hydrogen (secondary N) is 2. The number of piperidine rings is 1. The number of quaternary nitrogens is 1. The number of rotatable bonds is 2. The van der Waals surface area contributed by atoms with Gasteiger partial charge in [0.1, 0.15) is 6.54 Å². The van der Waals surface area contributed by atoms with Gasteiger partial charge >= 0.3 is 0 Å². The van der Waals surface area contributed by atoms with Gasteiger partial charge in [0, 0.05) is 16.6 Å². The summed E-state index contributed by atoms with van der Waals surface area (Å²) in [6, 6.07) is 8.47. The molecule has 1 fully saturated rings. The van der Waals surface area contributed by atoms with Crippen LogP contribution in [-0.2, 0) is 6.54 Å². The Morgan fingerprint density at radius 3 is 2.90 bits per heavy atom. The first-order chi connectivity index (χ1) is 9.66. The van der Waals surface area contributed by atoms with E-state index in [9.17, 15) is 4.79 Å². The fourth-order valence-electron chi connectivity index (χ4n) is 3.36. The second kappa shape index (κ2) is 5.41. The summed E-state index contributed by atoms with van der Waals surface area (Å²) in [5, 5.41) is 0.817. The molecule has 0 aliphatic carbocycles. The second-order valence-corrected chi connectivity index (χ2v) is 6.09. The molecule has 2 N–H and O–H groups in total. The molecule has 2 heterocycles. The standard InChI is InChI=1S/C17H22N2O/c1-12-7-5-6-10-19(12)11-15-13(2)18-16-9-4-3-8-14(16)17(15)20/h3-4,8-9,12H,5-7,10-11H2,1-2H3,(H,18,20)/p+1/t12-/m0/s1. The molecule has 1 aliphatic heterocycles. The highest BCUT2D eigenvalue weighted by molar-refractivity contribution is 5.79. The number of aryl methyl sites for hydroxylation is 1.